The van der Waals surface area contributed by atoms with Gasteiger partial charge >= 0.3 is 0 Å². The Bertz CT molecular complexity index is 1590. The molecule has 7 N–H and O–H groups in total. The van der Waals surface area contributed by atoms with Crippen molar-refractivity contribution in [3.8, 4) is 34.5 Å². The molecule has 14 nitrogen and oxygen atoms in total. The van der Waals surface area contributed by atoms with Crippen LogP contribution in [0.25, 0.3) is 0 Å². The van der Waals surface area contributed by atoms with Gasteiger partial charge in [0.2, 0.25) is 13.1 Å². The van der Waals surface area contributed by atoms with Crippen LogP contribution in [-0.2, 0) is 24.2 Å². The van der Waals surface area contributed by atoms with Crippen molar-refractivity contribution in [1.82, 2.24) is 9.80 Å². The molecule has 0 saturated carbocycles. The summed E-state index contributed by atoms with van der Waals surface area (Å²) in [5.41, 5.74) is 1.72. The van der Waals surface area contributed by atoms with Crippen molar-refractivity contribution in [1.29, 1.82) is 0 Å². The first-order valence-corrected chi connectivity index (χ1v) is 15.8. The number of hydrogen-bond acceptors (Lipinski definition) is 14. The number of phenolic OH excluding ortho intramolecular Hbond substituents is 3. The fraction of sp³-hybridized carbons (Fsp3) is 0.441. The first-order valence-electron chi connectivity index (χ1n) is 15.8. The van der Waals surface area contributed by atoms with E-state index in [0.717, 1.165) is 28.7 Å². The topological polar surface area (TPSA) is 202 Å². The van der Waals surface area contributed by atoms with Gasteiger partial charge in [-0.15, -0.1) is 0 Å². The number of aromatic hydroxyl groups is 3. The Morgan fingerprint density at radius 2 is 1.48 bits per heavy atom. The van der Waals surface area contributed by atoms with Crippen LogP contribution in [0.1, 0.15) is 33.5 Å². The van der Waals surface area contributed by atoms with E-state index in [4.69, 9.17) is 18.9 Å². The highest BCUT2D eigenvalue weighted by Gasteiger charge is 2.45. The van der Waals surface area contributed by atoms with Crippen LogP contribution in [-0.4, -0.2) is 122 Å². The summed E-state index contributed by atoms with van der Waals surface area (Å²) >= 11 is 0. The lowest BCUT2D eigenvalue weighted by molar-refractivity contribution is -0.277. The molecule has 48 heavy (non-hydrogen) atoms. The van der Waals surface area contributed by atoms with Crippen LogP contribution in [0.15, 0.2) is 48.5 Å². The third-order valence-corrected chi connectivity index (χ3v) is 8.98. The average Bonchev–Trinajstić information content (AvgIpc) is 3.55. The van der Waals surface area contributed by atoms with E-state index < -0.39 is 48.8 Å². The molecule has 2 fully saturated rings. The van der Waals surface area contributed by atoms with E-state index in [2.05, 4.69) is 4.90 Å². The Hall–Kier alpha value is -4.15. The summed E-state index contributed by atoms with van der Waals surface area (Å²) in [4.78, 5) is 18.0. The van der Waals surface area contributed by atoms with Crippen molar-refractivity contribution in [2.24, 2.45) is 0 Å². The predicted molar refractivity (Wildman–Crippen MR) is 168 cm³/mol. The number of carbonyl (C=O) groups is 1. The number of hydrogen-bond donors (Lipinski definition) is 7. The summed E-state index contributed by atoms with van der Waals surface area (Å²) in [6.07, 6.45) is -7.87. The van der Waals surface area contributed by atoms with Crippen LogP contribution < -0.4 is 14.2 Å². The lowest BCUT2D eigenvalue weighted by Crippen LogP contribution is -2.60. The number of rotatable bonds is 11. The standard InChI is InChI=1S/C34H40N2O12/c37-17-28-31(42)32(43)33(44)34(48-28)47-27-14-24(40)22(30(41)29(27)23(39)7-3-19-1-5-21(38)6-2-19)16-36-11-9-35(10-12-36)15-20-4-8-25-26(13-20)46-18-45-25/h1-2,4-6,8,13-14,28,31-34,37-38,40-44H,3,7,9-12,15-18H2/t28-,31-,32+,33-,34-/m1/s1. The molecule has 0 spiro atoms. The fourth-order valence-electron chi connectivity index (χ4n) is 6.15. The second kappa shape index (κ2) is 14.5. The molecular formula is C34H40N2O12. The second-order valence-electron chi connectivity index (χ2n) is 12.2. The summed E-state index contributed by atoms with van der Waals surface area (Å²) in [5.74, 6) is -0.152. The number of Topliss-reactive ketones (excluding diaryl/α,β-unsaturated/α-hetero) is 1. The van der Waals surface area contributed by atoms with Gasteiger partial charge in [-0.25, -0.2) is 0 Å². The third-order valence-electron chi connectivity index (χ3n) is 8.98. The third kappa shape index (κ3) is 7.29. The number of phenols is 3. The number of ether oxygens (including phenoxy) is 4. The molecule has 0 bridgehead atoms. The zero-order valence-corrected chi connectivity index (χ0v) is 26.1. The Kier molecular flexibility index (Phi) is 10.2. The zero-order valence-electron chi connectivity index (χ0n) is 26.1. The summed E-state index contributed by atoms with van der Waals surface area (Å²) < 4.78 is 22.1. The van der Waals surface area contributed by atoms with Crippen molar-refractivity contribution in [3.05, 3.63) is 70.8 Å². The van der Waals surface area contributed by atoms with E-state index in [1.54, 1.807) is 12.1 Å². The van der Waals surface area contributed by atoms with Gasteiger partial charge in [0.25, 0.3) is 0 Å². The lowest BCUT2D eigenvalue weighted by atomic mass is 9.97. The smallest absolute Gasteiger partial charge is 0.231 e. The number of aryl methyl sites for hydroxylation is 1. The molecule has 3 aromatic rings. The first-order chi connectivity index (χ1) is 23.1. The van der Waals surface area contributed by atoms with Crippen LogP contribution in [0.3, 0.4) is 0 Å². The molecule has 14 heteroatoms. The normalized spacial score (nSPS) is 24.5. The van der Waals surface area contributed by atoms with Crippen LogP contribution in [0.4, 0.5) is 0 Å². The largest absolute Gasteiger partial charge is 0.508 e. The van der Waals surface area contributed by atoms with E-state index in [-0.39, 0.29) is 54.6 Å². The number of aliphatic hydroxyl groups excluding tert-OH is 4. The minimum Gasteiger partial charge on any atom is -0.508 e. The van der Waals surface area contributed by atoms with Gasteiger partial charge in [-0.2, -0.15) is 0 Å². The molecule has 5 atom stereocenters. The van der Waals surface area contributed by atoms with Gasteiger partial charge in [-0.1, -0.05) is 18.2 Å². The SMILES string of the molecule is O=C(CCc1ccc(O)cc1)c1c(O[C@@H]2O[C@H](CO)[C@@H](O)[C@H](O)[C@H]2O)cc(O)c(CN2CCN(Cc3ccc4c(c3)OCO4)CC2)c1O. The number of benzene rings is 3. The Morgan fingerprint density at radius 1 is 0.812 bits per heavy atom. The number of fused-ring (bicyclic) bond motifs is 1. The molecule has 0 radical (unpaired) electrons. The Morgan fingerprint density at radius 3 is 2.19 bits per heavy atom. The molecule has 2 saturated heterocycles. The van der Waals surface area contributed by atoms with Crippen molar-refractivity contribution in [3.63, 3.8) is 0 Å². The highest BCUT2D eigenvalue weighted by molar-refractivity contribution is 6.02. The summed E-state index contributed by atoms with van der Waals surface area (Å²) in [6.45, 7) is 3.04. The lowest BCUT2D eigenvalue weighted by Gasteiger charge is -2.39. The fourth-order valence-corrected chi connectivity index (χ4v) is 6.15. The van der Waals surface area contributed by atoms with Crippen molar-refractivity contribution in [2.75, 3.05) is 39.6 Å². The minimum absolute atomic E-state index is 0.0773. The summed E-state index contributed by atoms with van der Waals surface area (Å²) in [6, 6.07) is 13.4. The molecule has 0 amide bonds. The molecule has 3 heterocycles. The maximum atomic E-state index is 13.7. The summed E-state index contributed by atoms with van der Waals surface area (Å²) in [7, 11) is 0. The summed E-state index contributed by atoms with van der Waals surface area (Å²) in [5, 5.41) is 72.8. The van der Waals surface area contributed by atoms with Gasteiger partial charge in [-0.3, -0.25) is 14.6 Å². The highest BCUT2D eigenvalue weighted by Crippen LogP contribution is 2.41. The maximum absolute atomic E-state index is 13.7. The van der Waals surface area contributed by atoms with E-state index >= 15 is 0 Å². The number of aliphatic hydroxyl groups is 4. The van der Waals surface area contributed by atoms with Gasteiger partial charge in [0, 0.05) is 51.8 Å². The number of ketones is 1. The maximum Gasteiger partial charge on any atom is 0.231 e. The number of piperazine rings is 1. The monoisotopic (exact) mass is 668 g/mol. The second-order valence-corrected chi connectivity index (χ2v) is 12.2. The first kappa shape index (κ1) is 33.7. The van der Waals surface area contributed by atoms with Gasteiger partial charge < -0.3 is 54.7 Å². The molecule has 0 unspecified atom stereocenters. The van der Waals surface area contributed by atoms with Gasteiger partial charge in [0.1, 0.15) is 53.0 Å². The molecule has 3 aliphatic rings. The van der Waals surface area contributed by atoms with Crippen LogP contribution in [0.5, 0.6) is 34.5 Å². The molecular weight excluding hydrogens is 628 g/mol. The quantitative estimate of drug-likeness (QED) is 0.142. The minimum atomic E-state index is -1.78. The zero-order chi connectivity index (χ0) is 33.9. The molecule has 3 aliphatic heterocycles. The van der Waals surface area contributed by atoms with Crippen molar-refractivity contribution in [2.45, 2.75) is 56.6 Å². The highest BCUT2D eigenvalue weighted by atomic mass is 16.7. The van der Waals surface area contributed by atoms with Gasteiger partial charge in [0.15, 0.2) is 17.3 Å². The molecule has 0 aliphatic carbocycles. The Balaban J connectivity index is 1.19. The number of carbonyl (C=O) groups excluding carboxylic acids is 1. The van der Waals surface area contributed by atoms with E-state index in [9.17, 15) is 40.5 Å². The van der Waals surface area contributed by atoms with E-state index in [1.165, 1.54) is 12.1 Å². The van der Waals surface area contributed by atoms with Crippen molar-refractivity contribution < 1.29 is 59.5 Å². The van der Waals surface area contributed by atoms with Crippen LogP contribution in [0, 0.1) is 0 Å². The molecule has 258 valence electrons. The van der Waals surface area contributed by atoms with E-state index in [1.807, 2.05) is 23.1 Å². The van der Waals surface area contributed by atoms with Crippen LogP contribution >= 0.6 is 0 Å². The average molecular weight is 669 g/mol. The van der Waals surface area contributed by atoms with Crippen LogP contribution in [0.2, 0.25) is 0 Å². The molecule has 0 aromatic heterocycles. The molecule has 6 rings (SSSR count). The molecule has 3 aromatic carbocycles. The number of nitrogens with zero attached hydrogens (tertiary/aromatic N) is 2. The van der Waals surface area contributed by atoms with Gasteiger partial charge in [0.05, 0.1) is 12.2 Å². The predicted octanol–water partition coefficient (Wildman–Crippen LogP) is 0.844. The van der Waals surface area contributed by atoms with Crippen molar-refractivity contribution >= 4 is 5.78 Å². The van der Waals surface area contributed by atoms with E-state index in [0.29, 0.717) is 32.7 Å². The Labute approximate surface area is 276 Å². The van der Waals surface area contributed by atoms with Gasteiger partial charge in [-0.05, 0) is 41.8 Å².